The molecule has 1 saturated heterocycles. The average Bonchev–Trinajstić information content (AvgIpc) is 3.25. The van der Waals surface area contributed by atoms with E-state index in [1.807, 2.05) is 18.2 Å². The number of aromatic nitrogens is 1. The van der Waals surface area contributed by atoms with Crippen LogP contribution in [0.3, 0.4) is 0 Å². The number of nitrogens with zero attached hydrogens (tertiary/aromatic N) is 3. The Morgan fingerprint density at radius 2 is 2.00 bits per heavy atom. The van der Waals surface area contributed by atoms with E-state index < -0.39 is 0 Å². The minimum atomic E-state index is 0.653. The van der Waals surface area contributed by atoms with Gasteiger partial charge >= 0.3 is 0 Å². The Labute approximate surface area is 192 Å². The number of pyridine rings is 1. The Morgan fingerprint density at radius 1 is 1.23 bits per heavy atom. The predicted octanol–water partition coefficient (Wildman–Crippen LogP) is 5.01. The van der Waals surface area contributed by atoms with Crippen molar-refractivity contribution >= 4 is 33.3 Å². The van der Waals surface area contributed by atoms with Crippen LogP contribution in [0.4, 0.5) is 5.82 Å². The molecule has 2 atom stereocenters. The lowest BCUT2D eigenvalue weighted by molar-refractivity contribution is 0.0172. The fourth-order valence-electron chi connectivity index (χ4n) is 4.57. The lowest BCUT2D eigenvalue weighted by Crippen LogP contribution is -2.42. The van der Waals surface area contributed by atoms with Gasteiger partial charge in [0.2, 0.25) is 0 Å². The van der Waals surface area contributed by atoms with Gasteiger partial charge in [0.15, 0.2) is 0 Å². The first kappa shape index (κ1) is 21.9. The highest BCUT2D eigenvalue weighted by Gasteiger charge is 2.31. The van der Waals surface area contributed by atoms with Crippen LogP contribution >= 0.6 is 27.5 Å². The highest BCUT2D eigenvalue weighted by Crippen LogP contribution is 2.33. The minimum Gasteiger partial charge on any atom is -0.497 e. The zero-order chi connectivity index (χ0) is 20.9. The van der Waals surface area contributed by atoms with E-state index in [1.54, 1.807) is 13.3 Å². The van der Waals surface area contributed by atoms with Crippen molar-refractivity contribution in [2.24, 2.45) is 5.92 Å². The second-order valence-corrected chi connectivity index (χ2v) is 9.43. The van der Waals surface area contributed by atoms with Crippen LogP contribution < -0.4 is 9.64 Å². The number of ether oxygens (including phenoxy) is 2. The quantitative estimate of drug-likeness (QED) is 0.541. The number of anilines is 1. The molecule has 5 nitrogen and oxygen atoms in total. The highest BCUT2D eigenvalue weighted by atomic mass is 79.9. The van der Waals surface area contributed by atoms with E-state index in [2.05, 4.69) is 42.8 Å². The van der Waals surface area contributed by atoms with Crippen LogP contribution in [0.15, 0.2) is 41.0 Å². The average molecular weight is 495 g/mol. The second-order valence-electron chi connectivity index (χ2n) is 8.17. The predicted molar refractivity (Wildman–Crippen MR) is 125 cm³/mol. The summed E-state index contributed by atoms with van der Waals surface area (Å²) < 4.78 is 11.7. The van der Waals surface area contributed by atoms with Crippen molar-refractivity contribution in [3.05, 3.63) is 51.6 Å². The van der Waals surface area contributed by atoms with Crippen molar-refractivity contribution in [1.82, 2.24) is 9.88 Å². The SMILES string of the molecule is COc1ccc(CN(CC2CCC(N3CCOCC3)C2)c2cc(Cl)c(Br)cn2)cc1. The third-order valence-corrected chi connectivity index (χ3v) is 7.38. The van der Waals surface area contributed by atoms with Crippen molar-refractivity contribution < 1.29 is 9.47 Å². The molecule has 1 saturated carbocycles. The summed E-state index contributed by atoms with van der Waals surface area (Å²) in [6.45, 7) is 5.65. The van der Waals surface area contributed by atoms with Gasteiger partial charge < -0.3 is 14.4 Å². The molecule has 2 aromatic rings. The standard InChI is InChI=1S/C23H29BrClN3O2/c1-29-20-6-3-17(4-7-20)15-28(23-13-22(25)21(24)14-26-23)16-18-2-5-19(12-18)27-8-10-30-11-9-27/h3-4,6-7,13-14,18-19H,2,5,8-12,15-16H2,1H3. The summed E-state index contributed by atoms with van der Waals surface area (Å²) in [7, 11) is 1.69. The van der Waals surface area contributed by atoms with E-state index in [1.165, 1.54) is 24.8 Å². The van der Waals surface area contributed by atoms with Gasteiger partial charge in [-0.15, -0.1) is 0 Å². The minimum absolute atomic E-state index is 0.653. The zero-order valence-corrected chi connectivity index (χ0v) is 19.7. The largest absolute Gasteiger partial charge is 0.497 e. The molecular formula is C23H29BrClN3O2. The van der Waals surface area contributed by atoms with Crippen LogP contribution in [-0.4, -0.2) is 55.9 Å². The summed E-state index contributed by atoms with van der Waals surface area (Å²) in [4.78, 5) is 9.65. The summed E-state index contributed by atoms with van der Waals surface area (Å²) in [6, 6.07) is 10.9. The Morgan fingerprint density at radius 3 is 2.70 bits per heavy atom. The van der Waals surface area contributed by atoms with E-state index in [9.17, 15) is 0 Å². The van der Waals surface area contributed by atoms with Gasteiger partial charge in [-0.1, -0.05) is 23.7 Å². The van der Waals surface area contributed by atoms with Crippen LogP contribution in [0.1, 0.15) is 24.8 Å². The number of methoxy groups -OCH3 is 1. The maximum atomic E-state index is 6.39. The number of rotatable bonds is 7. The summed E-state index contributed by atoms with van der Waals surface area (Å²) >= 11 is 9.85. The number of benzene rings is 1. The van der Waals surface area contributed by atoms with E-state index in [0.717, 1.165) is 55.4 Å². The molecule has 0 spiro atoms. The maximum Gasteiger partial charge on any atom is 0.130 e. The third kappa shape index (κ3) is 5.47. The summed E-state index contributed by atoms with van der Waals surface area (Å²) in [5.74, 6) is 2.45. The molecule has 2 unspecified atom stereocenters. The first-order valence-corrected chi connectivity index (χ1v) is 11.8. The molecule has 162 valence electrons. The molecule has 0 bridgehead atoms. The smallest absolute Gasteiger partial charge is 0.130 e. The fourth-order valence-corrected chi connectivity index (χ4v) is 4.93. The number of halogens is 2. The molecule has 0 radical (unpaired) electrons. The van der Waals surface area contributed by atoms with Crippen molar-refractivity contribution in [3.63, 3.8) is 0 Å². The molecule has 30 heavy (non-hydrogen) atoms. The third-order valence-electron chi connectivity index (χ3n) is 6.20. The van der Waals surface area contributed by atoms with E-state index in [0.29, 0.717) is 17.0 Å². The van der Waals surface area contributed by atoms with Crippen LogP contribution in [0.2, 0.25) is 5.02 Å². The molecule has 2 fully saturated rings. The fraction of sp³-hybridized carbons (Fsp3) is 0.522. The van der Waals surface area contributed by atoms with E-state index in [-0.39, 0.29) is 0 Å². The Balaban J connectivity index is 1.47. The molecule has 1 aromatic carbocycles. The van der Waals surface area contributed by atoms with Gasteiger partial charge in [0.1, 0.15) is 11.6 Å². The Hall–Kier alpha value is -1.34. The van der Waals surface area contributed by atoms with Gasteiger partial charge in [-0.25, -0.2) is 4.98 Å². The topological polar surface area (TPSA) is 37.8 Å². The van der Waals surface area contributed by atoms with Crippen molar-refractivity contribution in [2.45, 2.75) is 31.8 Å². The lowest BCUT2D eigenvalue weighted by atomic mass is 10.1. The van der Waals surface area contributed by atoms with Gasteiger partial charge in [0, 0.05) is 44.5 Å². The van der Waals surface area contributed by atoms with Crippen molar-refractivity contribution in [2.75, 3.05) is 44.9 Å². The van der Waals surface area contributed by atoms with Gasteiger partial charge in [0.05, 0.1) is 29.8 Å². The van der Waals surface area contributed by atoms with Crippen LogP contribution in [0.5, 0.6) is 5.75 Å². The molecule has 2 heterocycles. The summed E-state index contributed by atoms with van der Waals surface area (Å²) in [5, 5.41) is 0.692. The molecule has 1 aliphatic heterocycles. The van der Waals surface area contributed by atoms with Crippen molar-refractivity contribution in [3.8, 4) is 5.75 Å². The monoisotopic (exact) mass is 493 g/mol. The Bertz CT molecular complexity index is 830. The van der Waals surface area contributed by atoms with Gasteiger partial charge in [-0.05, 0) is 58.8 Å². The van der Waals surface area contributed by atoms with Gasteiger partial charge in [-0.2, -0.15) is 0 Å². The molecular weight excluding hydrogens is 466 g/mol. The normalized spacial score (nSPS) is 22.2. The maximum absolute atomic E-state index is 6.39. The molecule has 1 aromatic heterocycles. The summed E-state index contributed by atoms with van der Waals surface area (Å²) in [5.41, 5.74) is 1.24. The number of hydrogen-bond donors (Lipinski definition) is 0. The summed E-state index contributed by atoms with van der Waals surface area (Å²) in [6.07, 6.45) is 5.56. The molecule has 4 rings (SSSR count). The Kier molecular flexibility index (Phi) is 7.52. The first-order valence-electron chi connectivity index (χ1n) is 10.6. The van der Waals surface area contributed by atoms with E-state index in [4.69, 9.17) is 21.1 Å². The van der Waals surface area contributed by atoms with Gasteiger partial charge in [0.25, 0.3) is 0 Å². The second kappa shape index (κ2) is 10.3. The first-order chi connectivity index (χ1) is 14.6. The lowest BCUT2D eigenvalue weighted by Gasteiger charge is -2.32. The number of hydrogen-bond acceptors (Lipinski definition) is 5. The highest BCUT2D eigenvalue weighted by molar-refractivity contribution is 9.10. The molecule has 0 amide bonds. The van der Waals surface area contributed by atoms with Crippen LogP contribution in [0.25, 0.3) is 0 Å². The van der Waals surface area contributed by atoms with Crippen molar-refractivity contribution in [1.29, 1.82) is 0 Å². The van der Waals surface area contributed by atoms with Crippen LogP contribution in [0, 0.1) is 5.92 Å². The number of morpholine rings is 1. The van der Waals surface area contributed by atoms with E-state index >= 15 is 0 Å². The molecule has 2 aliphatic rings. The molecule has 1 aliphatic carbocycles. The van der Waals surface area contributed by atoms with Gasteiger partial charge in [-0.3, -0.25) is 4.90 Å². The molecule has 7 heteroatoms. The van der Waals surface area contributed by atoms with Crippen LogP contribution in [-0.2, 0) is 11.3 Å². The zero-order valence-electron chi connectivity index (χ0n) is 17.4. The molecule has 0 N–H and O–H groups in total.